The minimum absolute atomic E-state index is 0.461. The van der Waals surface area contributed by atoms with Gasteiger partial charge in [-0.2, -0.15) is 10.2 Å². The number of nitrogens with one attached hydrogen (secondary N) is 2. The summed E-state index contributed by atoms with van der Waals surface area (Å²) < 4.78 is 0. The number of amides is 4. The fourth-order valence-electron chi connectivity index (χ4n) is 0.946. The number of hydrazone groups is 2. The molecular formula is C8H16N6O6. The first-order valence-electron chi connectivity index (χ1n) is 5.16. The van der Waals surface area contributed by atoms with E-state index in [9.17, 15) is 24.9 Å². The van der Waals surface area contributed by atoms with Gasteiger partial charge in [0, 0.05) is 0 Å². The zero-order valence-electron chi connectivity index (χ0n) is 10.2. The predicted molar refractivity (Wildman–Crippen MR) is 66.5 cm³/mol. The Bertz CT molecular complexity index is 399. The van der Waals surface area contributed by atoms with Crippen LogP contribution in [-0.4, -0.2) is 69.3 Å². The molecule has 0 aromatic heterocycles. The molecule has 0 radical (unpaired) electrons. The van der Waals surface area contributed by atoms with E-state index in [4.69, 9.17) is 16.6 Å². The van der Waals surface area contributed by atoms with E-state index in [-0.39, 0.29) is 0 Å². The first-order valence-corrected chi connectivity index (χ1v) is 5.16. The van der Waals surface area contributed by atoms with Crippen LogP contribution in [0, 0.1) is 0 Å². The van der Waals surface area contributed by atoms with Crippen molar-refractivity contribution in [2.45, 2.75) is 18.3 Å². The second-order valence-electron chi connectivity index (χ2n) is 3.43. The quantitative estimate of drug-likeness (QED) is 0.171. The lowest BCUT2D eigenvalue weighted by Gasteiger charge is -2.21. The largest absolute Gasteiger partial charge is 0.394 e. The molecule has 114 valence electrons. The zero-order chi connectivity index (χ0) is 15.7. The van der Waals surface area contributed by atoms with E-state index < -0.39 is 42.7 Å². The Morgan fingerprint density at radius 3 is 2.15 bits per heavy atom. The van der Waals surface area contributed by atoms with Crippen molar-refractivity contribution in [3.63, 3.8) is 0 Å². The molecule has 10 N–H and O–H groups in total. The Kier molecular flexibility index (Phi) is 7.76. The van der Waals surface area contributed by atoms with Crippen LogP contribution in [0.15, 0.2) is 10.2 Å². The van der Waals surface area contributed by atoms with Crippen molar-refractivity contribution in [3.05, 3.63) is 0 Å². The minimum Gasteiger partial charge on any atom is -0.394 e. The Hall–Kier alpha value is -2.28. The van der Waals surface area contributed by atoms with Gasteiger partial charge in [0.15, 0.2) is 0 Å². The molecule has 0 heterocycles. The Balaban J connectivity index is 5.00. The summed E-state index contributed by atoms with van der Waals surface area (Å²) in [7, 11) is 0. The Labute approximate surface area is 112 Å². The number of aliphatic hydroxyl groups is 4. The highest BCUT2D eigenvalue weighted by atomic mass is 16.4. The fraction of sp³-hybridized carbons (Fsp3) is 0.500. The number of rotatable bonds is 7. The van der Waals surface area contributed by atoms with E-state index in [0.29, 0.717) is 0 Å². The molecule has 3 atom stereocenters. The maximum Gasteiger partial charge on any atom is 0.332 e. The van der Waals surface area contributed by atoms with Gasteiger partial charge in [0.25, 0.3) is 0 Å². The number of nitrogens with two attached hydrogens (primary N) is 2. The number of urea groups is 2. The summed E-state index contributed by atoms with van der Waals surface area (Å²) in [6.45, 7) is -0.828. The summed E-state index contributed by atoms with van der Waals surface area (Å²) in [5.74, 6) is 0. The van der Waals surface area contributed by atoms with Crippen molar-refractivity contribution in [1.29, 1.82) is 0 Å². The summed E-state index contributed by atoms with van der Waals surface area (Å²) in [6, 6.07) is -2.07. The van der Waals surface area contributed by atoms with E-state index in [2.05, 4.69) is 10.2 Å². The molecule has 0 aromatic carbocycles. The Morgan fingerprint density at radius 2 is 1.70 bits per heavy atom. The van der Waals surface area contributed by atoms with Crippen LogP contribution >= 0.6 is 0 Å². The van der Waals surface area contributed by atoms with Crippen LogP contribution in [0.3, 0.4) is 0 Å². The summed E-state index contributed by atoms with van der Waals surface area (Å²) >= 11 is 0. The van der Waals surface area contributed by atoms with Crippen molar-refractivity contribution in [1.82, 2.24) is 10.9 Å². The van der Waals surface area contributed by atoms with Gasteiger partial charge in [-0.05, 0) is 0 Å². The highest BCUT2D eigenvalue weighted by molar-refractivity contribution is 6.32. The molecule has 0 aliphatic heterocycles. The van der Waals surface area contributed by atoms with Crippen molar-refractivity contribution in [2.24, 2.45) is 21.7 Å². The van der Waals surface area contributed by atoms with E-state index in [1.165, 1.54) is 0 Å². The van der Waals surface area contributed by atoms with Gasteiger partial charge in [-0.3, -0.25) is 0 Å². The molecule has 0 fully saturated rings. The van der Waals surface area contributed by atoms with Crippen LogP contribution in [0.4, 0.5) is 9.59 Å². The molecular weight excluding hydrogens is 276 g/mol. The molecule has 0 saturated carbocycles. The molecule has 12 heteroatoms. The van der Waals surface area contributed by atoms with Gasteiger partial charge in [-0.25, -0.2) is 20.4 Å². The molecule has 0 aliphatic carbocycles. The molecule has 4 amide bonds. The number of carbonyl (C=O) groups is 2. The average molecular weight is 292 g/mol. The molecule has 12 nitrogen and oxygen atoms in total. The maximum atomic E-state index is 10.5. The van der Waals surface area contributed by atoms with Crippen molar-refractivity contribution in [2.75, 3.05) is 6.61 Å². The number of aliphatic hydroxyl groups excluding tert-OH is 4. The van der Waals surface area contributed by atoms with Crippen LogP contribution in [0.2, 0.25) is 0 Å². The summed E-state index contributed by atoms with van der Waals surface area (Å²) in [5.41, 5.74) is 12.6. The van der Waals surface area contributed by atoms with Crippen LogP contribution < -0.4 is 22.3 Å². The average Bonchev–Trinajstić information content (AvgIpc) is 2.39. The van der Waals surface area contributed by atoms with Crippen LogP contribution in [0.5, 0.6) is 0 Å². The number of hydrogen-bond donors (Lipinski definition) is 8. The van der Waals surface area contributed by atoms with Gasteiger partial charge in [-0.1, -0.05) is 0 Å². The highest BCUT2D eigenvalue weighted by Gasteiger charge is 2.28. The minimum atomic E-state index is -1.83. The summed E-state index contributed by atoms with van der Waals surface area (Å²) in [6.07, 6.45) is -4.57. The van der Waals surface area contributed by atoms with Crippen LogP contribution in [0.25, 0.3) is 0 Å². The lowest BCUT2D eigenvalue weighted by atomic mass is 10.0. The monoisotopic (exact) mass is 292 g/mol. The van der Waals surface area contributed by atoms with E-state index >= 15 is 0 Å². The van der Waals surface area contributed by atoms with Crippen LogP contribution in [0.1, 0.15) is 0 Å². The van der Waals surface area contributed by atoms with E-state index in [0.717, 1.165) is 6.21 Å². The molecule has 0 aliphatic rings. The van der Waals surface area contributed by atoms with Gasteiger partial charge in [0.1, 0.15) is 24.0 Å². The normalized spacial score (nSPS) is 16.5. The summed E-state index contributed by atoms with van der Waals surface area (Å²) in [4.78, 5) is 20.9. The highest BCUT2D eigenvalue weighted by Crippen LogP contribution is 2.01. The maximum absolute atomic E-state index is 10.5. The molecule has 0 aromatic rings. The number of primary amides is 2. The predicted octanol–water partition coefficient (Wildman–Crippen LogP) is -4.26. The van der Waals surface area contributed by atoms with Crippen LogP contribution in [-0.2, 0) is 0 Å². The fourth-order valence-corrected chi connectivity index (χ4v) is 0.946. The first-order chi connectivity index (χ1) is 9.29. The number of nitrogens with zero attached hydrogens (tertiary/aromatic N) is 2. The van der Waals surface area contributed by atoms with Gasteiger partial charge in [0.05, 0.1) is 12.8 Å². The first kappa shape index (κ1) is 17.7. The third kappa shape index (κ3) is 6.60. The molecule has 0 unspecified atom stereocenters. The van der Waals surface area contributed by atoms with E-state index in [1.54, 1.807) is 10.9 Å². The number of hydrogen-bond acceptors (Lipinski definition) is 8. The van der Waals surface area contributed by atoms with Gasteiger partial charge < -0.3 is 31.9 Å². The molecule has 20 heavy (non-hydrogen) atoms. The molecule has 0 saturated heterocycles. The standard InChI is InChI=1S/C8H16N6O6/c9-7(19)13-11-1-3(12-14-8(10)20)5(17)6(18)4(16)2-15/h1,4-6,15-18H,2H2,(H3,9,13,19)(H3,10,14,20)/t4-,5+,6+/m1/s1. The molecule has 0 bridgehead atoms. The summed E-state index contributed by atoms with van der Waals surface area (Å²) in [5, 5.41) is 43.5. The molecule has 0 spiro atoms. The van der Waals surface area contributed by atoms with Gasteiger partial charge >= 0.3 is 12.1 Å². The van der Waals surface area contributed by atoms with Gasteiger partial charge in [0.2, 0.25) is 0 Å². The molecule has 0 rings (SSSR count). The van der Waals surface area contributed by atoms with Crippen molar-refractivity contribution < 1.29 is 30.0 Å². The second kappa shape index (κ2) is 8.76. The van der Waals surface area contributed by atoms with E-state index in [1.807, 2.05) is 0 Å². The van der Waals surface area contributed by atoms with Gasteiger partial charge in [-0.15, -0.1) is 0 Å². The van der Waals surface area contributed by atoms with Crippen molar-refractivity contribution >= 4 is 24.0 Å². The lowest BCUT2D eigenvalue weighted by Crippen LogP contribution is -2.45. The second-order valence-corrected chi connectivity index (χ2v) is 3.43. The SMILES string of the molecule is NC(=O)NN=CC(=NNC(N)=O)[C@H](O)[C@@H](O)[C@H](O)CO. The lowest BCUT2D eigenvalue weighted by molar-refractivity contribution is -0.0549. The number of carbonyl (C=O) groups excluding carboxylic acids is 2. The Morgan fingerprint density at radius 1 is 1.15 bits per heavy atom. The topological polar surface area (TPSA) is 216 Å². The smallest absolute Gasteiger partial charge is 0.332 e. The third-order valence-corrected chi connectivity index (χ3v) is 1.87. The van der Waals surface area contributed by atoms with Crippen molar-refractivity contribution in [3.8, 4) is 0 Å². The zero-order valence-corrected chi connectivity index (χ0v) is 10.2. The third-order valence-electron chi connectivity index (χ3n) is 1.87.